The molecule has 0 atom stereocenters. The Morgan fingerprint density at radius 2 is 2.07 bits per heavy atom. The van der Waals surface area contributed by atoms with Crippen molar-refractivity contribution in [3.8, 4) is 0 Å². The minimum atomic E-state index is -0.0629. The summed E-state index contributed by atoms with van der Waals surface area (Å²) in [5, 5.41) is 5.29. The number of rotatable bonds is 5. The lowest BCUT2D eigenvalue weighted by Crippen LogP contribution is -2.36. The molecule has 146 valence electrons. The van der Waals surface area contributed by atoms with Crippen molar-refractivity contribution in [2.75, 3.05) is 6.26 Å². The SMILES string of the molecule is CSc1ccc(Cc2cc(C(=O)NC3CCCCC3)nc3c2ccn3C)cn1. The summed E-state index contributed by atoms with van der Waals surface area (Å²) in [7, 11) is 1.97. The van der Waals surface area contributed by atoms with Crippen LogP contribution in [0.15, 0.2) is 41.7 Å². The van der Waals surface area contributed by atoms with E-state index in [1.165, 1.54) is 19.3 Å². The van der Waals surface area contributed by atoms with Gasteiger partial charge in [0.25, 0.3) is 5.91 Å². The average Bonchev–Trinajstić information content (AvgIpc) is 3.10. The summed E-state index contributed by atoms with van der Waals surface area (Å²) >= 11 is 1.64. The zero-order valence-electron chi connectivity index (χ0n) is 16.4. The predicted octanol–water partition coefficient (Wildman–Crippen LogP) is 4.34. The fraction of sp³-hybridized carbons (Fsp3) is 0.409. The zero-order valence-corrected chi connectivity index (χ0v) is 17.3. The van der Waals surface area contributed by atoms with Gasteiger partial charge in [0.15, 0.2) is 0 Å². The van der Waals surface area contributed by atoms with Crippen LogP contribution in [0, 0.1) is 0 Å². The first-order chi connectivity index (χ1) is 13.6. The molecular formula is C22H26N4OS. The molecule has 1 fully saturated rings. The van der Waals surface area contributed by atoms with Crippen molar-refractivity contribution in [2.24, 2.45) is 7.05 Å². The number of hydrogen-bond acceptors (Lipinski definition) is 4. The molecule has 1 amide bonds. The molecular weight excluding hydrogens is 368 g/mol. The van der Waals surface area contributed by atoms with Crippen LogP contribution in [0.4, 0.5) is 0 Å². The molecule has 0 spiro atoms. The van der Waals surface area contributed by atoms with E-state index in [-0.39, 0.29) is 11.9 Å². The van der Waals surface area contributed by atoms with Crippen LogP contribution in [-0.2, 0) is 13.5 Å². The molecule has 1 aliphatic rings. The second-order valence-electron chi connectivity index (χ2n) is 7.52. The molecule has 0 bridgehead atoms. The highest BCUT2D eigenvalue weighted by Crippen LogP contribution is 2.23. The molecule has 28 heavy (non-hydrogen) atoms. The summed E-state index contributed by atoms with van der Waals surface area (Å²) in [6.45, 7) is 0. The minimum absolute atomic E-state index is 0.0629. The molecule has 0 aromatic carbocycles. The van der Waals surface area contributed by atoms with Crippen molar-refractivity contribution >= 4 is 28.7 Å². The highest BCUT2D eigenvalue weighted by Gasteiger charge is 2.19. The number of aryl methyl sites for hydroxylation is 1. The molecule has 0 radical (unpaired) electrons. The Labute approximate surface area is 170 Å². The van der Waals surface area contributed by atoms with Crippen LogP contribution >= 0.6 is 11.8 Å². The third-order valence-corrected chi connectivity index (χ3v) is 6.16. The number of pyridine rings is 2. The Morgan fingerprint density at radius 1 is 1.25 bits per heavy atom. The lowest BCUT2D eigenvalue weighted by molar-refractivity contribution is 0.0923. The number of amides is 1. The monoisotopic (exact) mass is 394 g/mol. The molecule has 3 aromatic rings. The number of carbonyl (C=O) groups excluding carboxylic acids is 1. The average molecular weight is 395 g/mol. The third kappa shape index (κ3) is 4.07. The summed E-state index contributed by atoms with van der Waals surface area (Å²) in [6, 6.07) is 8.45. The fourth-order valence-electron chi connectivity index (χ4n) is 3.93. The first-order valence-electron chi connectivity index (χ1n) is 9.89. The van der Waals surface area contributed by atoms with Gasteiger partial charge < -0.3 is 9.88 Å². The molecule has 4 rings (SSSR count). The summed E-state index contributed by atoms with van der Waals surface area (Å²) in [5.41, 5.74) is 3.59. The van der Waals surface area contributed by atoms with E-state index in [0.717, 1.165) is 46.4 Å². The summed E-state index contributed by atoms with van der Waals surface area (Å²) in [4.78, 5) is 22.0. The van der Waals surface area contributed by atoms with Gasteiger partial charge in [0.2, 0.25) is 0 Å². The molecule has 1 N–H and O–H groups in total. The number of nitrogens with one attached hydrogen (secondary N) is 1. The summed E-state index contributed by atoms with van der Waals surface area (Å²) < 4.78 is 1.98. The van der Waals surface area contributed by atoms with E-state index in [2.05, 4.69) is 27.4 Å². The zero-order chi connectivity index (χ0) is 19.5. The quantitative estimate of drug-likeness (QED) is 0.654. The van der Waals surface area contributed by atoms with Crippen LogP contribution in [0.1, 0.15) is 53.7 Å². The first-order valence-corrected chi connectivity index (χ1v) is 11.1. The maximum atomic E-state index is 12.9. The largest absolute Gasteiger partial charge is 0.348 e. The number of carbonyl (C=O) groups is 1. The molecule has 0 unspecified atom stereocenters. The Bertz CT molecular complexity index is 974. The molecule has 3 aromatic heterocycles. The lowest BCUT2D eigenvalue weighted by atomic mass is 9.95. The van der Waals surface area contributed by atoms with Crippen molar-refractivity contribution in [2.45, 2.75) is 49.6 Å². The molecule has 1 saturated carbocycles. The highest BCUT2D eigenvalue weighted by atomic mass is 32.2. The van der Waals surface area contributed by atoms with E-state index < -0.39 is 0 Å². The topological polar surface area (TPSA) is 59.8 Å². The molecule has 6 heteroatoms. The van der Waals surface area contributed by atoms with Crippen molar-refractivity contribution in [1.29, 1.82) is 0 Å². The van der Waals surface area contributed by atoms with Gasteiger partial charge in [-0.05, 0) is 54.8 Å². The molecule has 1 aliphatic carbocycles. The number of nitrogens with zero attached hydrogens (tertiary/aromatic N) is 3. The number of hydrogen-bond donors (Lipinski definition) is 1. The number of thioether (sulfide) groups is 1. The van der Waals surface area contributed by atoms with Gasteiger partial charge in [0, 0.05) is 30.9 Å². The number of fused-ring (bicyclic) bond motifs is 1. The predicted molar refractivity (Wildman–Crippen MR) is 114 cm³/mol. The molecule has 3 heterocycles. The van der Waals surface area contributed by atoms with Gasteiger partial charge >= 0.3 is 0 Å². The van der Waals surface area contributed by atoms with Crippen molar-refractivity contribution in [3.05, 3.63) is 53.5 Å². The van der Waals surface area contributed by atoms with Crippen molar-refractivity contribution < 1.29 is 4.79 Å². The molecule has 0 saturated heterocycles. The van der Waals surface area contributed by atoms with Crippen LogP contribution in [0.5, 0.6) is 0 Å². The Hall–Kier alpha value is -2.34. The van der Waals surface area contributed by atoms with Crippen LogP contribution in [0.3, 0.4) is 0 Å². The van der Waals surface area contributed by atoms with E-state index in [4.69, 9.17) is 0 Å². The van der Waals surface area contributed by atoms with Gasteiger partial charge in [0.05, 0.1) is 5.03 Å². The van der Waals surface area contributed by atoms with Crippen LogP contribution in [0.25, 0.3) is 11.0 Å². The van der Waals surface area contributed by atoms with E-state index in [0.29, 0.717) is 5.69 Å². The first kappa shape index (κ1) is 19.0. The van der Waals surface area contributed by atoms with Crippen LogP contribution < -0.4 is 5.32 Å². The van der Waals surface area contributed by atoms with E-state index in [1.807, 2.05) is 42.4 Å². The van der Waals surface area contributed by atoms with Gasteiger partial charge in [-0.15, -0.1) is 11.8 Å². The van der Waals surface area contributed by atoms with E-state index in [9.17, 15) is 4.79 Å². The van der Waals surface area contributed by atoms with E-state index in [1.54, 1.807) is 11.8 Å². The summed E-state index contributed by atoms with van der Waals surface area (Å²) in [5.74, 6) is -0.0629. The van der Waals surface area contributed by atoms with Crippen molar-refractivity contribution in [3.63, 3.8) is 0 Å². The van der Waals surface area contributed by atoms with Gasteiger partial charge in [-0.2, -0.15) is 0 Å². The maximum Gasteiger partial charge on any atom is 0.270 e. The second kappa shape index (κ2) is 8.35. The maximum absolute atomic E-state index is 12.9. The Morgan fingerprint density at radius 3 is 2.79 bits per heavy atom. The standard InChI is InChI=1S/C22H26N4OS/c1-26-11-10-18-16(12-15-8-9-20(28-2)23-14-15)13-19(25-21(18)26)22(27)24-17-6-4-3-5-7-17/h8-11,13-14,17H,3-7,12H2,1-2H3,(H,24,27). The normalized spacial score (nSPS) is 15.1. The third-order valence-electron chi connectivity index (χ3n) is 5.50. The molecule has 0 aliphatic heterocycles. The summed E-state index contributed by atoms with van der Waals surface area (Å²) in [6.07, 6.45) is 12.5. The van der Waals surface area contributed by atoms with Gasteiger partial charge in [-0.1, -0.05) is 25.3 Å². The minimum Gasteiger partial charge on any atom is -0.348 e. The Kier molecular flexibility index (Phi) is 5.67. The Balaban J connectivity index is 1.63. The van der Waals surface area contributed by atoms with Gasteiger partial charge in [-0.25, -0.2) is 9.97 Å². The van der Waals surface area contributed by atoms with E-state index >= 15 is 0 Å². The lowest BCUT2D eigenvalue weighted by Gasteiger charge is -2.22. The van der Waals surface area contributed by atoms with Crippen LogP contribution in [-0.4, -0.2) is 32.7 Å². The van der Waals surface area contributed by atoms with Gasteiger partial charge in [0.1, 0.15) is 11.3 Å². The fourth-order valence-corrected chi connectivity index (χ4v) is 4.29. The highest BCUT2D eigenvalue weighted by molar-refractivity contribution is 7.98. The number of aromatic nitrogens is 3. The van der Waals surface area contributed by atoms with Crippen LogP contribution in [0.2, 0.25) is 0 Å². The smallest absolute Gasteiger partial charge is 0.270 e. The second-order valence-corrected chi connectivity index (χ2v) is 8.35. The molecule has 5 nitrogen and oxygen atoms in total. The van der Waals surface area contributed by atoms with Gasteiger partial charge in [-0.3, -0.25) is 4.79 Å². The van der Waals surface area contributed by atoms with Crippen molar-refractivity contribution in [1.82, 2.24) is 19.9 Å².